The van der Waals surface area contributed by atoms with Gasteiger partial charge in [0.1, 0.15) is 5.82 Å². The molecular formula is C22H28FN3O4S. The number of carbonyl (C=O) groups is 1. The lowest BCUT2D eigenvalue weighted by atomic mass is 10.1. The first-order valence-electron chi connectivity index (χ1n) is 10.1. The number of morpholine rings is 1. The maximum Gasteiger partial charge on any atom is 0.243 e. The van der Waals surface area contributed by atoms with Crippen LogP contribution in [0.25, 0.3) is 0 Å². The molecule has 168 valence electrons. The molecule has 0 aromatic heterocycles. The van der Waals surface area contributed by atoms with E-state index in [-0.39, 0.29) is 29.1 Å². The van der Waals surface area contributed by atoms with E-state index in [1.54, 1.807) is 24.3 Å². The Balaban J connectivity index is 1.64. The van der Waals surface area contributed by atoms with Crippen molar-refractivity contribution in [2.75, 3.05) is 53.5 Å². The Morgan fingerprint density at radius 1 is 1.16 bits per heavy atom. The summed E-state index contributed by atoms with van der Waals surface area (Å²) in [5.41, 5.74) is 1.27. The summed E-state index contributed by atoms with van der Waals surface area (Å²) in [6.07, 6.45) is 0. The summed E-state index contributed by atoms with van der Waals surface area (Å²) in [6.45, 7) is 1.88. The number of benzene rings is 2. The molecule has 31 heavy (non-hydrogen) atoms. The van der Waals surface area contributed by atoms with Gasteiger partial charge in [0.15, 0.2) is 5.78 Å². The average Bonchev–Trinajstić information content (AvgIpc) is 2.78. The van der Waals surface area contributed by atoms with Gasteiger partial charge >= 0.3 is 0 Å². The molecule has 1 aliphatic heterocycles. The summed E-state index contributed by atoms with van der Waals surface area (Å²) >= 11 is 0. The largest absolute Gasteiger partial charge is 0.379 e. The zero-order valence-electron chi connectivity index (χ0n) is 17.8. The van der Waals surface area contributed by atoms with E-state index in [1.165, 1.54) is 28.6 Å². The van der Waals surface area contributed by atoms with Crippen LogP contribution >= 0.6 is 0 Å². The molecule has 1 heterocycles. The van der Waals surface area contributed by atoms with Crippen LogP contribution in [0.2, 0.25) is 0 Å². The molecule has 1 atom stereocenters. The number of ketones is 1. The van der Waals surface area contributed by atoms with Gasteiger partial charge in [-0.2, -0.15) is 4.31 Å². The van der Waals surface area contributed by atoms with Crippen LogP contribution in [-0.2, 0) is 14.8 Å². The van der Waals surface area contributed by atoms with Crippen molar-refractivity contribution >= 4 is 15.8 Å². The molecule has 1 N–H and O–H groups in total. The first-order chi connectivity index (χ1) is 14.8. The third-order valence-electron chi connectivity index (χ3n) is 5.27. The van der Waals surface area contributed by atoms with Crippen molar-refractivity contribution in [1.29, 1.82) is 0 Å². The Morgan fingerprint density at radius 2 is 1.84 bits per heavy atom. The van der Waals surface area contributed by atoms with Crippen molar-refractivity contribution in [2.24, 2.45) is 0 Å². The van der Waals surface area contributed by atoms with Gasteiger partial charge in [-0.1, -0.05) is 24.3 Å². The van der Waals surface area contributed by atoms with Crippen LogP contribution < -0.4 is 5.32 Å². The van der Waals surface area contributed by atoms with E-state index in [4.69, 9.17) is 4.74 Å². The van der Waals surface area contributed by atoms with Gasteiger partial charge in [0.2, 0.25) is 10.0 Å². The van der Waals surface area contributed by atoms with Gasteiger partial charge in [-0.3, -0.25) is 4.79 Å². The monoisotopic (exact) mass is 449 g/mol. The molecule has 2 aromatic carbocycles. The maximum atomic E-state index is 13.2. The van der Waals surface area contributed by atoms with E-state index in [0.717, 1.165) is 5.56 Å². The van der Waals surface area contributed by atoms with E-state index in [9.17, 15) is 17.6 Å². The number of hydrogen-bond acceptors (Lipinski definition) is 6. The van der Waals surface area contributed by atoms with Crippen LogP contribution in [0, 0.1) is 5.82 Å². The fraction of sp³-hybridized carbons (Fsp3) is 0.409. The van der Waals surface area contributed by atoms with Crippen molar-refractivity contribution in [3.05, 3.63) is 65.5 Å². The number of ether oxygens (including phenoxy) is 1. The van der Waals surface area contributed by atoms with E-state index in [0.29, 0.717) is 38.4 Å². The summed E-state index contributed by atoms with van der Waals surface area (Å²) in [7, 11) is 0.169. The zero-order chi connectivity index (χ0) is 22.4. The number of carbonyl (C=O) groups excluding carboxylic acids is 1. The van der Waals surface area contributed by atoms with E-state index in [1.807, 2.05) is 19.0 Å². The molecule has 3 rings (SSSR count). The second-order valence-electron chi connectivity index (χ2n) is 7.63. The maximum absolute atomic E-state index is 13.2. The summed E-state index contributed by atoms with van der Waals surface area (Å²) in [6, 6.07) is 12.4. The van der Waals surface area contributed by atoms with E-state index < -0.39 is 10.0 Å². The van der Waals surface area contributed by atoms with Crippen LogP contribution in [0.4, 0.5) is 4.39 Å². The van der Waals surface area contributed by atoms with Crippen molar-refractivity contribution in [3.8, 4) is 0 Å². The topological polar surface area (TPSA) is 79.0 Å². The Kier molecular flexibility index (Phi) is 7.90. The highest BCUT2D eigenvalue weighted by atomic mass is 32.2. The quantitative estimate of drug-likeness (QED) is 0.590. The molecule has 0 bridgehead atoms. The number of likely N-dealkylation sites (N-methyl/N-ethyl adjacent to an activating group) is 1. The molecule has 0 spiro atoms. The summed E-state index contributed by atoms with van der Waals surface area (Å²) < 4.78 is 45.5. The minimum atomic E-state index is -3.66. The number of Topliss-reactive ketones (excluding diaryl/α,β-unsaturated/α-hetero) is 1. The Labute approximate surface area is 182 Å². The molecule has 0 saturated carbocycles. The second-order valence-corrected chi connectivity index (χ2v) is 9.57. The van der Waals surface area contributed by atoms with Gasteiger partial charge in [0, 0.05) is 31.2 Å². The third kappa shape index (κ3) is 5.96. The minimum absolute atomic E-state index is 0.0403. The highest BCUT2D eigenvalue weighted by molar-refractivity contribution is 7.89. The lowest BCUT2D eigenvalue weighted by Gasteiger charge is -2.26. The SMILES string of the molecule is CN(C)C(CNCC(=O)c1cccc(S(=O)(=O)N2CCOCC2)c1)c1ccc(F)cc1. The fourth-order valence-corrected chi connectivity index (χ4v) is 4.93. The predicted molar refractivity (Wildman–Crippen MR) is 116 cm³/mol. The van der Waals surface area contributed by atoms with Crippen molar-refractivity contribution in [1.82, 2.24) is 14.5 Å². The molecule has 7 nitrogen and oxygen atoms in total. The van der Waals surface area contributed by atoms with Gasteiger partial charge in [0.25, 0.3) is 0 Å². The van der Waals surface area contributed by atoms with Crippen LogP contribution in [0.3, 0.4) is 0 Å². The first kappa shape index (κ1) is 23.5. The van der Waals surface area contributed by atoms with Crippen LogP contribution in [0.15, 0.2) is 53.4 Å². The Bertz CT molecular complexity index is 990. The molecule has 1 unspecified atom stereocenters. The number of hydrogen-bond donors (Lipinski definition) is 1. The lowest BCUT2D eigenvalue weighted by Crippen LogP contribution is -2.40. The Morgan fingerprint density at radius 3 is 2.48 bits per heavy atom. The smallest absolute Gasteiger partial charge is 0.243 e. The van der Waals surface area contributed by atoms with E-state index in [2.05, 4.69) is 5.32 Å². The second kappa shape index (κ2) is 10.4. The van der Waals surface area contributed by atoms with Crippen molar-refractivity contribution < 1.29 is 22.3 Å². The van der Waals surface area contributed by atoms with Gasteiger partial charge in [-0.25, -0.2) is 12.8 Å². The average molecular weight is 450 g/mol. The standard InChI is InChI=1S/C22H28FN3O4S/c1-25(2)21(17-6-8-19(23)9-7-17)15-24-16-22(27)18-4-3-5-20(14-18)31(28,29)26-10-12-30-13-11-26/h3-9,14,21,24H,10-13,15-16H2,1-2H3. The molecule has 0 radical (unpaired) electrons. The summed E-state index contributed by atoms with van der Waals surface area (Å²) in [5, 5.41) is 3.14. The third-order valence-corrected chi connectivity index (χ3v) is 7.16. The number of sulfonamides is 1. The number of nitrogens with one attached hydrogen (secondary N) is 1. The number of halogens is 1. The van der Waals surface area contributed by atoms with Crippen LogP contribution in [0.5, 0.6) is 0 Å². The lowest BCUT2D eigenvalue weighted by molar-refractivity contribution is 0.0730. The molecule has 1 saturated heterocycles. The predicted octanol–water partition coefficient (Wildman–Crippen LogP) is 1.92. The van der Waals surface area contributed by atoms with Gasteiger partial charge in [-0.15, -0.1) is 0 Å². The molecule has 0 aliphatic carbocycles. The van der Waals surface area contributed by atoms with Gasteiger partial charge < -0.3 is 15.0 Å². The minimum Gasteiger partial charge on any atom is -0.379 e. The summed E-state index contributed by atoms with van der Waals surface area (Å²) in [5.74, 6) is -0.494. The number of nitrogens with zero attached hydrogens (tertiary/aromatic N) is 2. The first-order valence-corrected chi connectivity index (χ1v) is 11.6. The van der Waals surface area contributed by atoms with Crippen molar-refractivity contribution in [2.45, 2.75) is 10.9 Å². The highest BCUT2D eigenvalue weighted by Gasteiger charge is 2.27. The van der Waals surface area contributed by atoms with Gasteiger partial charge in [0.05, 0.1) is 24.7 Å². The van der Waals surface area contributed by atoms with Crippen LogP contribution in [0.1, 0.15) is 22.0 Å². The summed E-state index contributed by atoms with van der Waals surface area (Å²) in [4.78, 5) is 14.8. The highest BCUT2D eigenvalue weighted by Crippen LogP contribution is 2.20. The normalized spacial score (nSPS) is 16.4. The fourth-order valence-electron chi connectivity index (χ4n) is 3.47. The molecule has 1 fully saturated rings. The molecule has 1 aliphatic rings. The van der Waals surface area contributed by atoms with Crippen molar-refractivity contribution in [3.63, 3.8) is 0 Å². The molecular weight excluding hydrogens is 421 g/mol. The van der Waals surface area contributed by atoms with Crippen LogP contribution in [-0.4, -0.2) is 76.9 Å². The number of rotatable bonds is 9. The molecule has 0 amide bonds. The molecule has 9 heteroatoms. The Hall–Kier alpha value is -2.17. The van der Waals surface area contributed by atoms with E-state index >= 15 is 0 Å². The van der Waals surface area contributed by atoms with Gasteiger partial charge in [-0.05, 0) is 43.9 Å². The molecule has 2 aromatic rings. The zero-order valence-corrected chi connectivity index (χ0v) is 18.6.